The van der Waals surface area contributed by atoms with Gasteiger partial charge in [-0.2, -0.15) is 0 Å². The third-order valence-corrected chi connectivity index (χ3v) is 5.36. The zero-order valence-electron chi connectivity index (χ0n) is 16.0. The van der Waals surface area contributed by atoms with E-state index in [2.05, 4.69) is 43.3 Å². The van der Waals surface area contributed by atoms with Gasteiger partial charge in [0, 0.05) is 0 Å². The lowest BCUT2D eigenvalue weighted by Crippen LogP contribution is -3.13. The largest absolute Gasteiger partial charge is 0.491 e. The minimum atomic E-state index is 0.624. The van der Waals surface area contributed by atoms with Crippen LogP contribution in [0.5, 0.6) is 5.75 Å². The Balaban J connectivity index is 1.23. The molecule has 1 fully saturated rings. The molecule has 0 aliphatic carbocycles. The van der Waals surface area contributed by atoms with Crippen LogP contribution in [0.15, 0.2) is 54.6 Å². The first-order valence-electron chi connectivity index (χ1n) is 9.95. The molecule has 1 saturated heterocycles. The second kappa shape index (κ2) is 10.3. The molecule has 2 aromatic carbocycles. The summed E-state index contributed by atoms with van der Waals surface area (Å²) in [5.41, 5.74) is 2.66. The number of nitrogens with one attached hydrogen (secondary N) is 1. The SMILES string of the molecule is Cc1ccccc1OCCOCC[NH+]1CCC(Cc2ccccc2)CC1. The first kappa shape index (κ1) is 18.9. The van der Waals surface area contributed by atoms with Crippen molar-refractivity contribution in [3.63, 3.8) is 0 Å². The fourth-order valence-corrected chi connectivity index (χ4v) is 3.73. The molecule has 3 heteroatoms. The summed E-state index contributed by atoms with van der Waals surface area (Å²) in [5, 5.41) is 0. The zero-order valence-corrected chi connectivity index (χ0v) is 16.0. The molecule has 0 amide bonds. The number of quaternary nitrogens is 1. The number of ether oxygens (including phenoxy) is 2. The second-order valence-electron chi connectivity index (χ2n) is 7.36. The molecule has 1 N–H and O–H groups in total. The van der Waals surface area contributed by atoms with Gasteiger partial charge in [0.25, 0.3) is 0 Å². The molecule has 2 aromatic rings. The van der Waals surface area contributed by atoms with Gasteiger partial charge in [0.2, 0.25) is 0 Å². The first-order valence-corrected chi connectivity index (χ1v) is 9.95. The minimum Gasteiger partial charge on any atom is -0.491 e. The van der Waals surface area contributed by atoms with Crippen molar-refractivity contribution in [2.45, 2.75) is 26.2 Å². The Labute approximate surface area is 157 Å². The molecule has 0 spiro atoms. The molecule has 3 nitrogen and oxygen atoms in total. The molecule has 1 heterocycles. The summed E-state index contributed by atoms with van der Waals surface area (Å²) in [4.78, 5) is 1.69. The van der Waals surface area contributed by atoms with E-state index >= 15 is 0 Å². The first-order chi connectivity index (χ1) is 12.8. The van der Waals surface area contributed by atoms with E-state index in [-0.39, 0.29) is 0 Å². The summed E-state index contributed by atoms with van der Waals surface area (Å²) in [7, 11) is 0. The van der Waals surface area contributed by atoms with E-state index in [1.165, 1.54) is 43.5 Å². The van der Waals surface area contributed by atoms with Crippen LogP contribution in [-0.2, 0) is 11.2 Å². The number of piperidine rings is 1. The Kier molecular flexibility index (Phi) is 7.53. The van der Waals surface area contributed by atoms with Crippen LogP contribution in [0, 0.1) is 12.8 Å². The van der Waals surface area contributed by atoms with Gasteiger partial charge < -0.3 is 14.4 Å². The molecule has 1 aliphatic rings. The van der Waals surface area contributed by atoms with Crippen LogP contribution in [0.25, 0.3) is 0 Å². The van der Waals surface area contributed by atoms with Gasteiger partial charge in [0.05, 0.1) is 26.3 Å². The van der Waals surface area contributed by atoms with Crippen LogP contribution < -0.4 is 9.64 Å². The molecule has 3 rings (SSSR count). The van der Waals surface area contributed by atoms with Gasteiger partial charge in [-0.3, -0.25) is 0 Å². The highest BCUT2D eigenvalue weighted by atomic mass is 16.5. The fourth-order valence-electron chi connectivity index (χ4n) is 3.73. The van der Waals surface area contributed by atoms with E-state index in [0.29, 0.717) is 13.2 Å². The van der Waals surface area contributed by atoms with E-state index in [4.69, 9.17) is 9.47 Å². The highest BCUT2D eigenvalue weighted by Crippen LogP contribution is 2.17. The minimum absolute atomic E-state index is 0.624. The van der Waals surface area contributed by atoms with E-state index in [0.717, 1.165) is 24.8 Å². The zero-order chi connectivity index (χ0) is 18.0. The van der Waals surface area contributed by atoms with E-state index in [9.17, 15) is 0 Å². The maximum Gasteiger partial charge on any atom is 0.122 e. The van der Waals surface area contributed by atoms with Crippen LogP contribution in [0.4, 0.5) is 0 Å². The number of likely N-dealkylation sites (tertiary alicyclic amines) is 1. The van der Waals surface area contributed by atoms with Crippen LogP contribution >= 0.6 is 0 Å². The topological polar surface area (TPSA) is 22.9 Å². The predicted molar refractivity (Wildman–Crippen MR) is 106 cm³/mol. The molecule has 0 radical (unpaired) electrons. The normalized spacial score (nSPS) is 20.0. The van der Waals surface area contributed by atoms with Gasteiger partial charge >= 0.3 is 0 Å². The highest BCUT2D eigenvalue weighted by Gasteiger charge is 2.21. The Morgan fingerprint density at radius 1 is 0.885 bits per heavy atom. The highest BCUT2D eigenvalue weighted by molar-refractivity contribution is 5.31. The van der Waals surface area contributed by atoms with Gasteiger partial charge in [-0.1, -0.05) is 48.5 Å². The summed E-state index contributed by atoms with van der Waals surface area (Å²) in [6, 6.07) is 19.0. The number of aryl methyl sites for hydroxylation is 1. The number of hydrogen-bond acceptors (Lipinski definition) is 2. The van der Waals surface area contributed by atoms with Crippen molar-refractivity contribution in [1.82, 2.24) is 0 Å². The van der Waals surface area contributed by atoms with Gasteiger partial charge in [0.15, 0.2) is 0 Å². The lowest BCUT2D eigenvalue weighted by molar-refractivity contribution is -0.906. The fraction of sp³-hybridized carbons (Fsp3) is 0.478. The van der Waals surface area contributed by atoms with Crippen molar-refractivity contribution < 1.29 is 14.4 Å². The van der Waals surface area contributed by atoms with Gasteiger partial charge in [-0.15, -0.1) is 0 Å². The number of para-hydroxylation sites is 1. The Bertz CT molecular complexity index is 636. The van der Waals surface area contributed by atoms with E-state index in [1.807, 2.05) is 18.2 Å². The smallest absolute Gasteiger partial charge is 0.122 e. The predicted octanol–water partition coefficient (Wildman–Crippen LogP) is 2.93. The number of hydrogen-bond donors (Lipinski definition) is 1. The van der Waals surface area contributed by atoms with Crippen molar-refractivity contribution in [2.24, 2.45) is 5.92 Å². The van der Waals surface area contributed by atoms with Crippen LogP contribution in [-0.4, -0.2) is 39.5 Å². The van der Waals surface area contributed by atoms with Crippen molar-refractivity contribution in [3.8, 4) is 5.75 Å². The van der Waals surface area contributed by atoms with E-state index < -0.39 is 0 Å². The van der Waals surface area contributed by atoms with Crippen molar-refractivity contribution in [1.29, 1.82) is 0 Å². The molecule has 140 valence electrons. The molecule has 0 unspecified atom stereocenters. The Hall–Kier alpha value is -1.84. The average Bonchev–Trinajstić information content (AvgIpc) is 2.68. The molecule has 0 aromatic heterocycles. The summed E-state index contributed by atoms with van der Waals surface area (Å²) in [6.45, 7) is 7.86. The molecule has 1 aliphatic heterocycles. The van der Waals surface area contributed by atoms with Gasteiger partial charge in [0.1, 0.15) is 18.9 Å². The molecular formula is C23H32NO2+. The molecule has 26 heavy (non-hydrogen) atoms. The third kappa shape index (κ3) is 6.15. The second-order valence-corrected chi connectivity index (χ2v) is 7.36. The lowest BCUT2D eigenvalue weighted by Gasteiger charge is -2.29. The maximum atomic E-state index is 5.77. The summed E-state index contributed by atoms with van der Waals surface area (Å²) >= 11 is 0. The number of benzene rings is 2. The molecule has 0 atom stereocenters. The molecule has 0 bridgehead atoms. The van der Waals surface area contributed by atoms with Crippen molar-refractivity contribution in [3.05, 3.63) is 65.7 Å². The third-order valence-electron chi connectivity index (χ3n) is 5.36. The molecular weight excluding hydrogens is 322 g/mol. The lowest BCUT2D eigenvalue weighted by atomic mass is 9.90. The van der Waals surface area contributed by atoms with Crippen molar-refractivity contribution >= 4 is 0 Å². The molecule has 0 saturated carbocycles. The quantitative estimate of drug-likeness (QED) is 0.700. The van der Waals surface area contributed by atoms with Gasteiger partial charge in [-0.05, 0) is 49.3 Å². The Morgan fingerprint density at radius 3 is 2.38 bits per heavy atom. The maximum absolute atomic E-state index is 5.77. The summed E-state index contributed by atoms with van der Waals surface area (Å²) in [5.74, 6) is 1.81. The monoisotopic (exact) mass is 354 g/mol. The van der Waals surface area contributed by atoms with Gasteiger partial charge in [-0.25, -0.2) is 0 Å². The summed E-state index contributed by atoms with van der Waals surface area (Å²) < 4.78 is 11.5. The van der Waals surface area contributed by atoms with Crippen LogP contribution in [0.1, 0.15) is 24.0 Å². The standard InChI is InChI=1S/C23H31NO2/c1-20-7-5-6-10-23(20)26-18-17-25-16-15-24-13-11-22(12-14-24)19-21-8-3-2-4-9-21/h2-10,22H,11-19H2,1H3/p+1. The summed E-state index contributed by atoms with van der Waals surface area (Å²) in [6.07, 6.45) is 3.90. The van der Waals surface area contributed by atoms with Crippen LogP contribution in [0.3, 0.4) is 0 Å². The Morgan fingerprint density at radius 2 is 1.62 bits per heavy atom. The van der Waals surface area contributed by atoms with Crippen LogP contribution in [0.2, 0.25) is 0 Å². The number of rotatable bonds is 9. The van der Waals surface area contributed by atoms with Crippen molar-refractivity contribution in [2.75, 3.05) is 39.5 Å². The average molecular weight is 355 g/mol. The van der Waals surface area contributed by atoms with E-state index in [1.54, 1.807) is 4.90 Å².